The van der Waals surface area contributed by atoms with Gasteiger partial charge in [0.15, 0.2) is 0 Å². The molecule has 0 aliphatic rings. The molecule has 0 radical (unpaired) electrons. The molecule has 2 amide bonds. The fourth-order valence-electron chi connectivity index (χ4n) is 3.56. The van der Waals surface area contributed by atoms with E-state index in [0.717, 1.165) is 14.2 Å². The van der Waals surface area contributed by atoms with Gasteiger partial charge in [0.1, 0.15) is 12.6 Å². The Bertz CT molecular complexity index is 1210. The van der Waals surface area contributed by atoms with Gasteiger partial charge < -0.3 is 10.2 Å². The second-order valence-corrected chi connectivity index (χ2v) is 12.6. The highest BCUT2D eigenvalue weighted by molar-refractivity contribution is 7.90. The zero-order chi connectivity index (χ0) is 27.4. The second-order valence-electron chi connectivity index (χ2n) is 10.1. The van der Waals surface area contributed by atoms with Crippen LogP contribution in [0.15, 0.2) is 42.5 Å². The van der Waals surface area contributed by atoms with Crippen molar-refractivity contribution in [3.05, 3.63) is 64.2 Å². The zero-order valence-electron chi connectivity index (χ0n) is 22.3. The van der Waals surface area contributed by atoms with Crippen molar-refractivity contribution >= 4 is 39.3 Å². The molecule has 1 atom stereocenters. The Morgan fingerprint density at radius 2 is 1.67 bits per heavy atom. The summed E-state index contributed by atoms with van der Waals surface area (Å²) in [4.78, 5) is 28.2. The SMILES string of the molecule is Cc1ccc(C)c(N(CC(=O)N(Cc2ccccc2Cl)C(C)C(=O)NC(C)(C)C)S(=O)(=O)N(C)C)c1. The predicted octanol–water partition coefficient (Wildman–Crippen LogP) is 3.90. The number of nitrogens with one attached hydrogen (secondary N) is 1. The molecular weight excluding hydrogens is 500 g/mol. The molecule has 1 N–H and O–H groups in total. The first kappa shape index (κ1) is 29.6. The summed E-state index contributed by atoms with van der Waals surface area (Å²) in [7, 11) is -1.19. The fraction of sp³-hybridized carbons (Fsp3) is 0.462. The number of anilines is 1. The van der Waals surface area contributed by atoms with Crippen molar-refractivity contribution in [3.8, 4) is 0 Å². The van der Waals surface area contributed by atoms with Crippen LogP contribution in [-0.2, 0) is 26.3 Å². The third kappa shape index (κ3) is 7.44. The van der Waals surface area contributed by atoms with E-state index >= 15 is 0 Å². The normalized spacial score (nSPS) is 12.8. The molecule has 0 aliphatic carbocycles. The molecule has 0 aliphatic heterocycles. The highest BCUT2D eigenvalue weighted by Crippen LogP contribution is 2.26. The van der Waals surface area contributed by atoms with Crippen molar-refractivity contribution in [2.24, 2.45) is 0 Å². The number of carbonyl (C=O) groups excluding carboxylic acids is 2. The molecule has 0 fully saturated rings. The predicted molar refractivity (Wildman–Crippen MR) is 145 cm³/mol. The topological polar surface area (TPSA) is 90.0 Å². The lowest BCUT2D eigenvalue weighted by Crippen LogP contribution is -2.55. The molecule has 0 bridgehead atoms. The lowest BCUT2D eigenvalue weighted by atomic mass is 10.1. The smallest absolute Gasteiger partial charge is 0.304 e. The van der Waals surface area contributed by atoms with E-state index in [2.05, 4.69) is 5.32 Å². The molecule has 0 saturated carbocycles. The molecule has 198 valence electrons. The van der Waals surface area contributed by atoms with Gasteiger partial charge in [0, 0.05) is 31.2 Å². The first-order valence-corrected chi connectivity index (χ1v) is 13.4. The molecule has 10 heteroatoms. The summed E-state index contributed by atoms with van der Waals surface area (Å²) in [5.74, 6) is -0.880. The van der Waals surface area contributed by atoms with Gasteiger partial charge in [-0.05, 0) is 70.4 Å². The van der Waals surface area contributed by atoms with E-state index in [-0.39, 0.29) is 12.5 Å². The minimum Gasteiger partial charge on any atom is -0.350 e. The van der Waals surface area contributed by atoms with Crippen molar-refractivity contribution in [3.63, 3.8) is 0 Å². The number of amides is 2. The van der Waals surface area contributed by atoms with Gasteiger partial charge in [-0.2, -0.15) is 12.7 Å². The van der Waals surface area contributed by atoms with E-state index in [0.29, 0.717) is 21.8 Å². The van der Waals surface area contributed by atoms with Crippen LogP contribution in [0.5, 0.6) is 0 Å². The van der Waals surface area contributed by atoms with Gasteiger partial charge in [-0.3, -0.25) is 9.59 Å². The van der Waals surface area contributed by atoms with E-state index in [9.17, 15) is 18.0 Å². The Morgan fingerprint density at radius 1 is 1.06 bits per heavy atom. The summed E-state index contributed by atoms with van der Waals surface area (Å²) in [5.41, 5.74) is 2.10. The van der Waals surface area contributed by atoms with E-state index in [1.54, 1.807) is 44.2 Å². The van der Waals surface area contributed by atoms with Crippen LogP contribution in [0.25, 0.3) is 0 Å². The van der Waals surface area contributed by atoms with Gasteiger partial charge in [0.2, 0.25) is 11.8 Å². The van der Waals surface area contributed by atoms with Crippen LogP contribution in [0, 0.1) is 13.8 Å². The van der Waals surface area contributed by atoms with Gasteiger partial charge in [0.25, 0.3) is 0 Å². The molecule has 0 spiro atoms. The molecule has 2 aromatic rings. The Kier molecular flexibility index (Phi) is 9.56. The van der Waals surface area contributed by atoms with E-state index in [4.69, 9.17) is 11.6 Å². The molecule has 2 rings (SSSR count). The van der Waals surface area contributed by atoms with Crippen molar-refractivity contribution < 1.29 is 18.0 Å². The maximum absolute atomic E-state index is 13.8. The Labute approximate surface area is 220 Å². The number of hydrogen-bond donors (Lipinski definition) is 1. The number of hydrogen-bond acceptors (Lipinski definition) is 4. The monoisotopic (exact) mass is 536 g/mol. The van der Waals surface area contributed by atoms with Crippen molar-refractivity contribution in [2.45, 2.75) is 59.7 Å². The third-order valence-electron chi connectivity index (χ3n) is 5.62. The van der Waals surface area contributed by atoms with Crippen LogP contribution in [-0.4, -0.2) is 61.7 Å². The second kappa shape index (κ2) is 11.6. The molecule has 0 saturated heterocycles. The van der Waals surface area contributed by atoms with E-state index in [1.807, 2.05) is 39.8 Å². The molecule has 0 heterocycles. The first-order chi connectivity index (χ1) is 16.5. The van der Waals surface area contributed by atoms with Crippen LogP contribution >= 0.6 is 11.6 Å². The maximum Gasteiger partial charge on any atom is 0.304 e. The zero-order valence-corrected chi connectivity index (χ0v) is 23.9. The van der Waals surface area contributed by atoms with Gasteiger partial charge in [0.05, 0.1) is 5.69 Å². The van der Waals surface area contributed by atoms with Crippen molar-refractivity contribution in [1.29, 1.82) is 0 Å². The molecular formula is C26H37ClN4O4S. The highest BCUT2D eigenvalue weighted by atomic mass is 35.5. The van der Waals surface area contributed by atoms with E-state index in [1.165, 1.54) is 19.0 Å². The lowest BCUT2D eigenvalue weighted by molar-refractivity contribution is -0.140. The van der Waals surface area contributed by atoms with E-state index < -0.39 is 34.2 Å². The molecule has 8 nitrogen and oxygen atoms in total. The van der Waals surface area contributed by atoms with Crippen LogP contribution in [0.4, 0.5) is 5.69 Å². The standard InChI is InChI=1S/C26H37ClN4O4S/c1-18-13-14-19(2)23(15-18)31(36(34,35)29(7)8)17-24(32)30(16-21-11-9-10-12-22(21)27)20(3)25(33)28-26(4,5)6/h9-15,20H,16-17H2,1-8H3,(H,28,33). The number of nitrogens with zero attached hydrogens (tertiary/aromatic N) is 3. The van der Waals surface area contributed by atoms with Crippen molar-refractivity contribution in [1.82, 2.24) is 14.5 Å². The highest BCUT2D eigenvalue weighted by Gasteiger charge is 2.34. The van der Waals surface area contributed by atoms with Crippen molar-refractivity contribution in [2.75, 3.05) is 24.9 Å². The van der Waals surface area contributed by atoms with Crippen LogP contribution in [0.3, 0.4) is 0 Å². The van der Waals surface area contributed by atoms with Crippen LogP contribution in [0.1, 0.15) is 44.4 Å². The quantitative estimate of drug-likeness (QED) is 0.526. The summed E-state index contributed by atoms with van der Waals surface area (Å²) < 4.78 is 28.8. The minimum absolute atomic E-state index is 0.0416. The van der Waals surface area contributed by atoms with Gasteiger partial charge >= 0.3 is 10.2 Å². The molecule has 2 aromatic carbocycles. The Balaban J connectivity index is 2.54. The lowest BCUT2D eigenvalue weighted by Gasteiger charge is -2.34. The van der Waals surface area contributed by atoms with Gasteiger partial charge in [-0.25, -0.2) is 4.31 Å². The number of halogens is 1. The van der Waals surface area contributed by atoms with Gasteiger partial charge in [-0.1, -0.05) is 41.9 Å². The average molecular weight is 537 g/mol. The number of carbonyl (C=O) groups is 2. The average Bonchev–Trinajstić information content (AvgIpc) is 2.76. The summed E-state index contributed by atoms with van der Waals surface area (Å²) in [6.07, 6.45) is 0. The molecule has 1 unspecified atom stereocenters. The largest absolute Gasteiger partial charge is 0.350 e. The summed E-state index contributed by atoms with van der Waals surface area (Å²) in [6, 6.07) is 11.6. The fourth-order valence-corrected chi connectivity index (χ4v) is 4.87. The van der Waals surface area contributed by atoms with Crippen LogP contribution in [0.2, 0.25) is 5.02 Å². The molecule has 36 heavy (non-hydrogen) atoms. The van der Waals surface area contributed by atoms with Crippen LogP contribution < -0.4 is 9.62 Å². The first-order valence-electron chi connectivity index (χ1n) is 11.7. The van der Waals surface area contributed by atoms with Gasteiger partial charge in [-0.15, -0.1) is 0 Å². The number of aryl methyl sites for hydroxylation is 2. The summed E-state index contributed by atoms with van der Waals surface area (Å²) >= 11 is 6.37. The number of rotatable bonds is 9. The summed E-state index contributed by atoms with van der Waals surface area (Å²) in [6.45, 7) is 10.4. The number of benzene rings is 2. The summed E-state index contributed by atoms with van der Waals surface area (Å²) in [5, 5.41) is 3.35. The maximum atomic E-state index is 13.8. The molecule has 0 aromatic heterocycles. The Hall–Kier alpha value is -2.62. The third-order valence-corrected chi connectivity index (χ3v) is 7.79. The minimum atomic E-state index is -4.02. The Morgan fingerprint density at radius 3 is 2.22 bits per heavy atom.